The number of fused-ring (bicyclic) bond motifs is 1. The highest BCUT2D eigenvalue weighted by atomic mass is 32.2. The third kappa shape index (κ3) is 4.70. The molecule has 2 aromatic carbocycles. The number of ether oxygens (including phenoxy) is 1. The lowest BCUT2D eigenvalue weighted by molar-refractivity contribution is 0.0686. The van der Waals surface area contributed by atoms with Crippen LogP contribution in [-0.2, 0) is 10.0 Å². The smallest absolute Gasteiger partial charge is 0.358 e. The first kappa shape index (κ1) is 25.6. The second kappa shape index (κ2) is 9.54. The van der Waals surface area contributed by atoms with E-state index in [0.29, 0.717) is 10.9 Å². The van der Waals surface area contributed by atoms with Gasteiger partial charge in [0.05, 0.1) is 30.3 Å². The van der Waals surface area contributed by atoms with Gasteiger partial charge in [0.1, 0.15) is 17.2 Å². The van der Waals surface area contributed by atoms with E-state index in [9.17, 15) is 27.5 Å². The summed E-state index contributed by atoms with van der Waals surface area (Å²) < 4.78 is 50.6. The van der Waals surface area contributed by atoms with E-state index in [1.165, 1.54) is 69.7 Å². The summed E-state index contributed by atoms with van der Waals surface area (Å²) in [6.07, 6.45) is 1.01. The van der Waals surface area contributed by atoms with Crippen LogP contribution in [0.4, 0.5) is 10.1 Å². The third-order valence-corrected chi connectivity index (χ3v) is 6.95. The fourth-order valence-electron chi connectivity index (χ4n) is 3.85. The van der Waals surface area contributed by atoms with Gasteiger partial charge in [0.2, 0.25) is 10.0 Å². The Morgan fingerprint density at radius 2 is 1.81 bits per heavy atom. The maximum absolute atomic E-state index is 13.5. The highest BCUT2D eigenvalue weighted by Gasteiger charge is 2.27. The molecule has 0 aliphatic carbocycles. The summed E-state index contributed by atoms with van der Waals surface area (Å²) in [6, 6.07) is 11.2. The Morgan fingerprint density at radius 1 is 1.14 bits per heavy atom. The average molecular weight is 528 g/mol. The number of pyridine rings is 1. The molecule has 0 spiro atoms. The van der Waals surface area contributed by atoms with Gasteiger partial charge in [0, 0.05) is 36.7 Å². The lowest BCUT2D eigenvalue weighted by atomic mass is 10.0. The molecule has 10 nitrogen and oxygen atoms in total. The Bertz CT molecular complexity index is 1650. The minimum absolute atomic E-state index is 0.0169. The number of hydrogen-bond acceptors (Lipinski definition) is 7. The molecule has 0 atom stereocenters. The second-order valence-corrected chi connectivity index (χ2v) is 10.1. The van der Waals surface area contributed by atoms with Crippen LogP contribution >= 0.6 is 0 Å². The minimum Gasteiger partial charge on any atom is -0.494 e. The van der Waals surface area contributed by atoms with Crippen molar-refractivity contribution in [3.63, 3.8) is 0 Å². The van der Waals surface area contributed by atoms with Gasteiger partial charge in [0.25, 0.3) is 5.91 Å². The molecule has 0 bridgehead atoms. The third-order valence-electron chi connectivity index (χ3n) is 5.76. The molecule has 2 N–H and O–H groups in total. The zero-order chi connectivity index (χ0) is 27.1. The summed E-state index contributed by atoms with van der Waals surface area (Å²) in [5.74, 6) is -2.15. The summed E-state index contributed by atoms with van der Waals surface area (Å²) in [4.78, 5) is 28.9. The van der Waals surface area contributed by atoms with Gasteiger partial charge in [-0.3, -0.25) is 9.10 Å². The van der Waals surface area contributed by atoms with Crippen LogP contribution in [-0.4, -0.2) is 57.8 Å². The van der Waals surface area contributed by atoms with E-state index in [1.807, 2.05) is 0 Å². The number of carboxylic acids is 1. The maximum Gasteiger partial charge on any atom is 0.358 e. The van der Waals surface area contributed by atoms with Crippen LogP contribution in [0.3, 0.4) is 0 Å². The Kier molecular flexibility index (Phi) is 6.61. The van der Waals surface area contributed by atoms with Crippen molar-refractivity contribution in [1.29, 1.82) is 0 Å². The number of methoxy groups -OCH3 is 1. The molecule has 37 heavy (non-hydrogen) atoms. The van der Waals surface area contributed by atoms with Gasteiger partial charge in [0.15, 0.2) is 11.4 Å². The number of benzene rings is 2. The number of carbonyl (C=O) groups is 2. The minimum atomic E-state index is -3.77. The van der Waals surface area contributed by atoms with Crippen molar-refractivity contribution >= 4 is 38.6 Å². The van der Waals surface area contributed by atoms with Gasteiger partial charge >= 0.3 is 5.97 Å². The summed E-state index contributed by atoms with van der Waals surface area (Å²) in [5, 5.41) is 12.5. The molecule has 2 heterocycles. The summed E-state index contributed by atoms with van der Waals surface area (Å²) in [5.41, 5.74) is 0.836. The van der Waals surface area contributed by atoms with Crippen LogP contribution in [0.5, 0.6) is 5.75 Å². The summed E-state index contributed by atoms with van der Waals surface area (Å²) >= 11 is 0. The number of anilines is 1. The molecule has 4 aromatic rings. The molecule has 1 amide bonds. The Balaban J connectivity index is 2.10. The topological polar surface area (TPSA) is 139 Å². The molecule has 4 rings (SSSR count). The van der Waals surface area contributed by atoms with Gasteiger partial charge in [-0.05, 0) is 42.5 Å². The first-order valence-electron chi connectivity index (χ1n) is 10.8. The van der Waals surface area contributed by atoms with E-state index in [1.54, 1.807) is 0 Å². The highest BCUT2D eigenvalue weighted by Crippen LogP contribution is 2.41. The Hall–Kier alpha value is -4.45. The second-order valence-electron chi connectivity index (χ2n) is 8.04. The quantitative estimate of drug-likeness (QED) is 0.370. The first-order chi connectivity index (χ1) is 17.5. The summed E-state index contributed by atoms with van der Waals surface area (Å²) in [7, 11) is 0.290. The molecule has 0 radical (unpaired) electrons. The maximum atomic E-state index is 13.5. The molecule has 192 valence electrons. The van der Waals surface area contributed by atoms with E-state index in [0.717, 1.165) is 10.6 Å². The van der Waals surface area contributed by atoms with E-state index < -0.39 is 27.7 Å². The van der Waals surface area contributed by atoms with Crippen LogP contribution < -0.4 is 14.4 Å². The molecule has 0 unspecified atom stereocenters. The standard InChI is InChI=1S/C25H22FN3O7S/c1-27-24(30)21-16-11-15(17-9-10-19(35-3)22(28-17)25(31)32)18(29(2)37(4,33)34)12-20(16)36-23(21)13-5-7-14(26)8-6-13/h5-12H,1-4H3,(H,27,30)(H,31,32). The van der Waals surface area contributed by atoms with E-state index in [-0.39, 0.29) is 45.3 Å². The van der Waals surface area contributed by atoms with Gasteiger partial charge in [-0.2, -0.15) is 0 Å². The SMILES string of the molecule is CNC(=O)c1c(-c2ccc(F)cc2)oc2cc(N(C)S(C)(=O)=O)c(-c3ccc(OC)c(C(=O)O)n3)cc12. The lowest BCUT2D eigenvalue weighted by Gasteiger charge is -2.20. The van der Waals surface area contributed by atoms with Gasteiger partial charge < -0.3 is 19.6 Å². The largest absolute Gasteiger partial charge is 0.494 e. The van der Waals surface area contributed by atoms with E-state index in [4.69, 9.17) is 9.15 Å². The molecule has 0 saturated carbocycles. The highest BCUT2D eigenvalue weighted by molar-refractivity contribution is 7.92. The molecular formula is C25H22FN3O7S. The first-order valence-corrected chi connectivity index (χ1v) is 12.6. The molecule has 12 heteroatoms. The number of carboxylic acid groups (broad SMARTS) is 1. The molecule has 0 saturated heterocycles. The fraction of sp³-hybridized carbons (Fsp3) is 0.160. The number of halogens is 1. The van der Waals surface area contributed by atoms with E-state index in [2.05, 4.69) is 10.3 Å². The number of nitrogens with one attached hydrogen (secondary N) is 1. The normalized spacial score (nSPS) is 11.4. The molecular weight excluding hydrogens is 505 g/mol. The lowest BCUT2D eigenvalue weighted by Crippen LogP contribution is -2.25. The predicted molar refractivity (Wildman–Crippen MR) is 135 cm³/mol. The zero-order valence-electron chi connectivity index (χ0n) is 20.2. The zero-order valence-corrected chi connectivity index (χ0v) is 21.0. The van der Waals surface area contributed by atoms with Crippen LogP contribution in [0.25, 0.3) is 33.6 Å². The number of carbonyl (C=O) groups excluding carboxylic acids is 1. The van der Waals surface area contributed by atoms with Crippen LogP contribution in [0.2, 0.25) is 0 Å². The fourth-order valence-corrected chi connectivity index (χ4v) is 4.35. The van der Waals surface area contributed by atoms with Crippen LogP contribution in [0.15, 0.2) is 52.9 Å². The van der Waals surface area contributed by atoms with Crippen molar-refractivity contribution in [3.05, 3.63) is 65.6 Å². The number of hydrogen-bond donors (Lipinski definition) is 2. The van der Waals surface area contributed by atoms with Crippen molar-refractivity contribution in [3.8, 4) is 28.3 Å². The molecule has 2 aromatic heterocycles. The average Bonchev–Trinajstić information content (AvgIpc) is 3.24. The van der Waals surface area contributed by atoms with Crippen LogP contribution in [0.1, 0.15) is 20.8 Å². The van der Waals surface area contributed by atoms with Crippen molar-refractivity contribution in [2.75, 3.05) is 31.8 Å². The number of aromatic nitrogens is 1. The monoisotopic (exact) mass is 527 g/mol. The Morgan fingerprint density at radius 3 is 2.38 bits per heavy atom. The predicted octanol–water partition coefficient (Wildman–Crippen LogP) is 3.76. The van der Waals surface area contributed by atoms with Gasteiger partial charge in [-0.15, -0.1) is 0 Å². The van der Waals surface area contributed by atoms with Gasteiger partial charge in [-0.25, -0.2) is 22.6 Å². The number of rotatable bonds is 7. The number of aromatic carboxylic acids is 1. The van der Waals surface area contributed by atoms with Crippen LogP contribution in [0, 0.1) is 5.82 Å². The van der Waals surface area contributed by atoms with Crippen molar-refractivity contribution in [1.82, 2.24) is 10.3 Å². The van der Waals surface area contributed by atoms with Crippen molar-refractivity contribution < 1.29 is 36.7 Å². The number of sulfonamides is 1. The molecule has 0 fully saturated rings. The number of furan rings is 1. The summed E-state index contributed by atoms with van der Waals surface area (Å²) in [6.45, 7) is 0. The number of nitrogens with zero attached hydrogens (tertiary/aromatic N) is 2. The van der Waals surface area contributed by atoms with Crippen molar-refractivity contribution in [2.45, 2.75) is 0 Å². The molecule has 0 aliphatic heterocycles. The number of amides is 1. The van der Waals surface area contributed by atoms with Gasteiger partial charge in [-0.1, -0.05) is 0 Å². The Labute approximate surface area is 211 Å². The molecule has 0 aliphatic rings. The van der Waals surface area contributed by atoms with Crippen molar-refractivity contribution in [2.24, 2.45) is 0 Å². The van der Waals surface area contributed by atoms with E-state index >= 15 is 0 Å².